The minimum atomic E-state index is -3.88. The highest BCUT2D eigenvalue weighted by Crippen LogP contribution is 2.34. The molecule has 3 aromatic rings. The zero-order valence-corrected chi connectivity index (χ0v) is 30.0. The Kier molecular flexibility index (Phi) is 12.4. The summed E-state index contributed by atoms with van der Waals surface area (Å²) in [5.41, 5.74) is 6.10. The van der Waals surface area contributed by atoms with E-state index in [1.54, 1.807) is 11.0 Å². The number of ether oxygens (including phenoxy) is 1. The molecule has 0 radical (unpaired) electrons. The molecule has 2 aliphatic rings. The predicted molar refractivity (Wildman–Crippen MR) is 187 cm³/mol. The summed E-state index contributed by atoms with van der Waals surface area (Å²) >= 11 is 0. The summed E-state index contributed by atoms with van der Waals surface area (Å²) < 4.78 is 89.4. The Labute approximate surface area is 301 Å². The van der Waals surface area contributed by atoms with Crippen LogP contribution in [-0.4, -0.2) is 72.8 Å². The van der Waals surface area contributed by atoms with E-state index in [0.29, 0.717) is 56.7 Å². The molecule has 2 aromatic carbocycles. The van der Waals surface area contributed by atoms with Crippen LogP contribution in [0.1, 0.15) is 79.9 Å². The smallest absolute Gasteiger partial charge is 0.322 e. The van der Waals surface area contributed by atoms with Crippen LogP contribution in [0, 0.1) is 18.6 Å². The van der Waals surface area contributed by atoms with Gasteiger partial charge in [0.1, 0.15) is 17.4 Å². The third kappa shape index (κ3) is 9.98. The SMILES string of the molecule is CCCCN(C(=O)Nc1cc(C(N)=O)c(F)cc1F)C1CCN(Cc2ccc(Oc3ccc(S(=O)(=O)NC4CCC(F)(F)CC4)cc3)nc2C)CC1. The number of hydrogen-bond donors (Lipinski definition) is 3. The largest absolute Gasteiger partial charge is 0.439 e. The summed E-state index contributed by atoms with van der Waals surface area (Å²) in [7, 11) is -3.88. The van der Waals surface area contributed by atoms with Crippen LogP contribution < -0.4 is 20.5 Å². The van der Waals surface area contributed by atoms with Crippen molar-refractivity contribution >= 4 is 27.6 Å². The van der Waals surface area contributed by atoms with Crippen LogP contribution in [-0.2, 0) is 16.6 Å². The molecule has 4 N–H and O–H groups in total. The van der Waals surface area contributed by atoms with Crippen LogP contribution in [0.15, 0.2) is 53.4 Å². The molecule has 1 saturated heterocycles. The number of amides is 3. The summed E-state index contributed by atoms with van der Waals surface area (Å²) in [5, 5.41) is 2.50. The molecule has 1 aromatic heterocycles. The van der Waals surface area contributed by atoms with Gasteiger partial charge in [0.05, 0.1) is 16.1 Å². The average molecular weight is 749 g/mol. The van der Waals surface area contributed by atoms with Gasteiger partial charge in [-0.2, -0.15) is 0 Å². The maximum absolute atomic E-state index is 14.5. The van der Waals surface area contributed by atoms with Gasteiger partial charge in [-0.3, -0.25) is 9.69 Å². The number of nitrogens with two attached hydrogens (primary N) is 1. The first-order valence-electron chi connectivity index (χ1n) is 17.4. The number of urea groups is 1. The number of carbonyl (C=O) groups is 2. The molecular formula is C36H44F4N6O5S. The molecule has 282 valence electrons. The topological polar surface area (TPSA) is 147 Å². The molecule has 11 nitrogen and oxygen atoms in total. The second-order valence-electron chi connectivity index (χ2n) is 13.4. The lowest BCUT2D eigenvalue weighted by atomic mass is 9.93. The first kappa shape index (κ1) is 38.9. The number of benzene rings is 2. The van der Waals surface area contributed by atoms with Gasteiger partial charge in [0.25, 0.3) is 5.91 Å². The van der Waals surface area contributed by atoms with Crippen LogP contribution in [0.3, 0.4) is 0 Å². The van der Waals surface area contributed by atoms with Gasteiger partial charge in [-0.1, -0.05) is 19.4 Å². The molecule has 0 bridgehead atoms. The highest BCUT2D eigenvalue weighted by atomic mass is 32.2. The fourth-order valence-electron chi connectivity index (χ4n) is 6.47. The molecule has 16 heteroatoms. The van der Waals surface area contributed by atoms with Gasteiger partial charge in [0.15, 0.2) is 0 Å². The van der Waals surface area contributed by atoms with Crippen LogP contribution >= 0.6 is 0 Å². The number of sulfonamides is 1. The van der Waals surface area contributed by atoms with Crippen molar-refractivity contribution in [3.8, 4) is 11.6 Å². The van der Waals surface area contributed by atoms with Crippen molar-refractivity contribution < 1.29 is 40.3 Å². The second kappa shape index (κ2) is 16.6. The third-order valence-electron chi connectivity index (χ3n) is 9.53. The van der Waals surface area contributed by atoms with Crippen molar-refractivity contribution in [3.05, 3.63) is 77.0 Å². The maximum atomic E-state index is 14.5. The molecule has 52 heavy (non-hydrogen) atoms. The molecule has 3 amide bonds. The van der Waals surface area contributed by atoms with E-state index in [-0.39, 0.29) is 42.3 Å². The standard InChI is InChI=1S/C36H44F4N6O5S/c1-3-4-17-46(35(48)43-32-20-29(34(41)47)30(37)21-31(32)38)26-13-18-45(19-14-26)22-24-5-10-33(42-23(24)2)51-27-6-8-28(9-7-27)52(49,50)44-25-11-15-36(39,40)16-12-25/h5-10,20-21,25-26,44H,3-4,11-19,22H2,1-2H3,(H2,41,47)(H,43,48). The number of alkyl halides is 2. The van der Waals surface area contributed by atoms with E-state index in [2.05, 4.69) is 19.9 Å². The first-order valence-corrected chi connectivity index (χ1v) is 18.9. The van der Waals surface area contributed by atoms with Crippen molar-refractivity contribution in [2.24, 2.45) is 5.73 Å². The Balaban J connectivity index is 1.14. The van der Waals surface area contributed by atoms with Gasteiger partial charge in [0.2, 0.25) is 21.8 Å². The lowest BCUT2D eigenvalue weighted by molar-refractivity contribution is -0.0387. The van der Waals surface area contributed by atoms with E-state index in [0.717, 1.165) is 30.2 Å². The predicted octanol–water partition coefficient (Wildman–Crippen LogP) is 6.71. The molecule has 2 fully saturated rings. The molecular weight excluding hydrogens is 704 g/mol. The van der Waals surface area contributed by atoms with E-state index in [4.69, 9.17) is 10.5 Å². The van der Waals surface area contributed by atoms with Gasteiger partial charge in [-0.05, 0) is 74.9 Å². The Morgan fingerprint density at radius 1 is 1.02 bits per heavy atom. The number of rotatable bonds is 13. The number of unbranched alkanes of at least 4 members (excludes halogenated alkanes) is 1. The van der Waals surface area contributed by atoms with E-state index in [1.807, 2.05) is 19.9 Å². The number of aromatic nitrogens is 1. The molecule has 5 rings (SSSR count). The lowest BCUT2D eigenvalue weighted by Gasteiger charge is -2.38. The average Bonchev–Trinajstić information content (AvgIpc) is 3.09. The molecule has 1 saturated carbocycles. The molecule has 0 atom stereocenters. The van der Waals surface area contributed by atoms with Crippen LogP contribution in [0.5, 0.6) is 11.6 Å². The summed E-state index contributed by atoms with van der Waals surface area (Å²) in [6.07, 6.45) is 2.37. The molecule has 1 aliphatic carbocycles. The number of primary amides is 1. The number of hydrogen-bond acceptors (Lipinski definition) is 7. The molecule has 1 aliphatic heterocycles. The summed E-state index contributed by atoms with van der Waals surface area (Å²) in [6.45, 7) is 6.30. The molecule has 0 spiro atoms. The van der Waals surface area contributed by atoms with Crippen molar-refractivity contribution in [2.45, 2.75) is 94.7 Å². The quantitative estimate of drug-likeness (QED) is 0.165. The Hall–Kier alpha value is -4.28. The number of carbonyl (C=O) groups excluding carboxylic acids is 2. The molecule has 2 heterocycles. The fourth-order valence-corrected chi connectivity index (χ4v) is 7.78. The number of likely N-dealkylation sites (tertiary alicyclic amines) is 1. The number of piperidine rings is 1. The van der Waals surface area contributed by atoms with Gasteiger partial charge in [-0.15, -0.1) is 0 Å². The minimum Gasteiger partial charge on any atom is -0.439 e. The zero-order valence-electron chi connectivity index (χ0n) is 29.1. The zero-order chi connectivity index (χ0) is 37.6. The van der Waals surface area contributed by atoms with E-state index >= 15 is 0 Å². The highest BCUT2D eigenvalue weighted by Gasteiger charge is 2.36. The monoisotopic (exact) mass is 748 g/mol. The Morgan fingerprint density at radius 3 is 2.31 bits per heavy atom. The Bertz CT molecular complexity index is 1850. The first-order chi connectivity index (χ1) is 24.6. The number of aryl methyl sites for hydroxylation is 1. The van der Waals surface area contributed by atoms with E-state index < -0.39 is 51.1 Å². The van der Waals surface area contributed by atoms with Crippen LogP contribution in [0.25, 0.3) is 0 Å². The number of halogens is 4. The normalized spacial score (nSPS) is 17.1. The summed E-state index contributed by atoms with van der Waals surface area (Å²) in [4.78, 5) is 33.4. The van der Waals surface area contributed by atoms with Gasteiger partial charge >= 0.3 is 6.03 Å². The van der Waals surface area contributed by atoms with Crippen molar-refractivity contribution in [3.63, 3.8) is 0 Å². The number of anilines is 1. The summed E-state index contributed by atoms with van der Waals surface area (Å²) in [6, 6.07) is 9.71. The Morgan fingerprint density at radius 2 is 1.69 bits per heavy atom. The minimum absolute atomic E-state index is 0.00937. The van der Waals surface area contributed by atoms with E-state index in [9.17, 15) is 35.6 Å². The van der Waals surface area contributed by atoms with Crippen LogP contribution in [0.4, 0.5) is 28.0 Å². The molecule has 0 unspecified atom stereocenters. The van der Waals surface area contributed by atoms with Gasteiger partial charge in [-0.25, -0.2) is 40.5 Å². The number of pyridine rings is 1. The van der Waals surface area contributed by atoms with Gasteiger partial charge < -0.3 is 20.7 Å². The van der Waals surface area contributed by atoms with Crippen molar-refractivity contribution in [1.29, 1.82) is 0 Å². The highest BCUT2D eigenvalue weighted by molar-refractivity contribution is 7.89. The van der Waals surface area contributed by atoms with Crippen LogP contribution in [0.2, 0.25) is 0 Å². The number of nitrogens with one attached hydrogen (secondary N) is 2. The van der Waals surface area contributed by atoms with Crippen molar-refractivity contribution in [2.75, 3.05) is 25.0 Å². The number of nitrogens with zero attached hydrogens (tertiary/aromatic N) is 3. The van der Waals surface area contributed by atoms with Crippen molar-refractivity contribution in [1.82, 2.24) is 19.5 Å². The second-order valence-corrected chi connectivity index (χ2v) is 15.1. The van der Waals surface area contributed by atoms with E-state index in [1.165, 1.54) is 24.3 Å². The third-order valence-corrected chi connectivity index (χ3v) is 11.1. The maximum Gasteiger partial charge on any atom is 0.322 e. The summed E-state index contributed by atoms with van der Waals surface area (Å²) in [5.74, 6) is -5.22. The fraction of sp³-hybridized carbons (Fsp3) is 0.472. The lowest BCUT2D eigenvalue weighted by Crippen LogP contribution is -2.49. The van der Waals surface area contributed by atoms with Gasteiger partial charge in [0, 0.05) is 68.9 Å².